The van der Waals surface area contributed by atoms with Crippen LogP contribution in [-0.2, 0) is 9.16 Å². The van der Waals surface area contributed by atoms with E-state index >= 15 is 0 Å². The molecular weight excluding hydrogens is 222 g/mol. The molecule has 94 valence electrons. The normalized spacial score (nSPS) is 22.6. The van der Waals surface area contributed by atoms with Crippen molar-refractivity contribution in [3.05, 3.63) is 0 Å². The zero-order valence-corrected chi connectivity index (χ0v) is 11.9. The Balaban J connectivity index is 2.42. The lowest BCUT2D eigenvalue weighted by molar-refractivity contribution is 0.101. The van der Waals surface area contributed by atoms with Gasteiger partial charge in [0.2, 0.25) is 0 Å². The fourth-order valence-corrected chi connectivity index (χ4v) is 2.28. The Morgan fingerprint density at radius 3 is 2.62 bits per heavy atom. The monoisotopic (exact) mass is 245 g/mol. The molecule has 0 radical (unpaired) electrons. The van der Waals surface area contributed by atoms with E-state index in [4.69, 9.17) is 9.16 Å². The van der Waals surface area contributed by atoms with Crippen LogP contribution < -0.4 is 5.32 Å². The van der Waals surface area contributed by atoms with Gasteiger partial charge >= 0.3 is 6.09 Å². The lowest BCUT2D eigenvalue weighted by Crippen LogP contribution is -2.48. The summed E-state index contributed by atoms with van der Waals surface area (Å²) >= 11 is 0. The average Bonchev–Trinajstić information content (AvgIpc) is 2.13. The summed E-state index contributed by atoms with van der Waals surface area (Å²) in [6.07, 6.45) is 0.510. The Kier molecular flexibility index (Phi) is 4.01. The smallest absolute Gasteiger partial charge is 0.407 e. The van der Waals surface area contributed by atoms with E-state index in [-0.39, 0.29) is 17.2 Å². The summed E-state index contributed by atoms with van der Waals surface area (Å²) in [5.41, 5.74) is 0. The molecule has 1 aliphatic heterocycles. The molecule has 1 N–H and O–H groups in total. The van der Waals surface area contributed by atoms with Crippen LogP contribution in [0, 0.1) is 0 Å². The maximum Gasteiger partial charge on any atom is 0.407 e. The molecule has 4 nitrogen and oxygen atoms in total. The van der Waals surface area contributed by atoms with Crippen LogP contribution in [0.15, 0.2) is 0 Å². The number of alkyl carbamates (subject to hydrolysis) is 1. The summed E-state index contributed by atoms with van der Waals surface area (Å²) < 4.78 is 10.9. The van der Waals surface area contributed by atoms with Crippen LogP contribution in [0.5, 0.6) is 0 Å². The van der Waals surface area contributed by atoms with E-state index in [0.29, 0.717) is 13.2 Å². The molecule has 0 aromatic rings. The summed E-state index contributed by atoms with van der Waals surface area (Å²) in [7, 11) is -1.70. The summed E-state index contributed by atoms with van der Waals surface area (Å²) in [4.78, 5) is 11.0. The van der Waals surface area contributed by atoms with Gasteiger partial charge in [0.15, 0.2) is 8.32 Å². The van der Waals surface area contributed by atoms with Crippen LogP contribution in [0.25, 0.3) is 0 Å². The third kappa shape index (κ3) is 3.49. The first kappa shape index (κ1) is 13.5. The van der Waals surface area contributed by atoms with Crippen molar-refractivity contribution < 1.29 is 14.0 Å². The van der Waals surface area contributed by atoms with Crippen LogP contribution in [0.4, 0.5) is 4.79 Å². The SMILES string of the molecule is CC(C)(C)[Si](C)(C)OCC1CCOC(=O)N1. The molecule has 1 amide bonds. The minimum absolute atomic E-state index is 0.107. The van der Waals surface area contributed by atoms with E-state index in [2.05, 4.69) is 39.2 Å². The first-order chi connectivity index (χ1) is 7.22. The van der Waals surface area contributed by atoms with E-state index in [0.717, 1.165) is 6.42 Å². The predicted molar refractivity (Wildman–Crippen MR) is 66.0 cm³/mol. The highest BCUT2D eigenvalue weighted by Crippen LogP contribution is 2.36. The number of nitrogens with one attached hydrogen (secondary N) is 1. The quantitative estimate of drug-likeness (QED) is 0.777. The van der Waals surface area contributed by atoms with Gasteiger partial charge in [0, 0.05) is 6.42 Å². The van der Waals surface area contributed by atoms with Crippen molar-refractivity contribution in [2.45, 2.75) is 51.4 Å². The van der Waals surface area contributed by atoms with Gasteiger partial charge in [-0.25, -0.2) is 4.79 Å². The molecular formula is C11H23NO3Si. The second-order valence-corrected chi connectivity index (χ2v) is 10.6. The molecule has 1 aliphatic rings. The van der Waals surface area contributed by atoms with E-state index in [9.17, 15) is 4.79 Å². The molecule has 0 spiro atoms. The molecule has 0 saturated carbocycles. The number of rotatable bonds is 3. The van der Waals surface area contributed by atoms with Crippen LogP contribution in [0.1, 0.15) is 27.2 Å². The third-order valence-electron chi connectivity index (χ3n) is 3.47. The molecule has 1 unspecified atom stereocenters. The zero-order valence-electron chi connectivity index (χ0n) is 10.9. The lowest BCUT2D eigenvalue weighted by atomic mass is 10.2. The number of carbonyl (C=O) groups excluding carboxylic acids is 1. The summed E-state index contributed by atoms with van der Waals surface area (Å²) in [5.74, 6) is 0. The van der Waals surface area contributed by atoms with Gasteiger partial charge < -0.3 is 14.5 Å². The number of carbonyl (C=O) groups is 1. The minimum Gasteiger partial charge on any atom is -0.449 e. The van der Waals surface area contributed by atoms with Crippen molar-refractivity contribution in [2.24, 2.45) is 0 Å². The Hall–Kier alpha value is -0.553. The first-order valence-corrected chi connectivity index (χ1v) is 8.70. The van der Waals surface area contributed by atoms with E-state index in [1.54, 1.807) is 0 Å². The van der Waals surface area contributed by atoms with Crippen molar-refractivity contribution in [2.75, 3.05) is 13.2 Å². The van der Waals surface area contributed by atoms with Crippen molar-refractivity contribution in [3.8, 4) is 0 Å². The molecule has 1 atom stereocenters. The number of hydrogen-bond donors (Lipinski definition) is 1. The number of hydrogen-bond acceptors (Lipinski definition) is 3. The van der Waals surface area contributed by atoms with Crippen LogP contribution >= 0.6 is 0 Å². The van der Waals surface area contributed by atoms with Gasteiger partial charge in [-0.05, 0) is 18.1 Å². The van der Waals surface area contributed by atoms with E-state index < -0.39 is 8.32 Å². The molecule has 0 aromatic heterocycles. The van der Waals surface area contributed by atoms with Crippen LogP contribution in [0.2, 0.25) is 18.1 Å². The molecule has 0 aromatic carbocycles. The highest BCUT2D eigenvalue weighted by molar-refractivity contribution is 6.74. The highest BCUT2D eigenvalue weighted by Gasteiger charge is 2.37. The molecule has 0 bridgehead atoms. The fourth-order valence-electron chi connectivity index (χ4n) is 1.22. The summed E-state index contributed by atoms with van der Waals surface area (Å²) in [5, 5.41) is 2.99. The van der Waals surface area contributed by atoms with E-state index in [1.807, 2.05) is 0 Å². The van der Waals surface area contributed by atoms with Crippen LogP contribution in [-0.4, -0.2) is 33.7 Å². The minimum atomic E-state index is -1.70. The summed E-state index contributed by atoms with van der Waals surface area (Å²) in [6, 6.07) is 0.107. The lowest BCUT2D eigenvalue weighted by Gasteiger charge is -2.37. The largest absolute Gasteiger partial charge is 0.449 e. The van der Waals surface area contributed by atoms with Crippen molar-refractivity contribution in [1.82, 2.24) is 5.32 Å². The summed E-state index contributed by atoms with van der Waals surface area (Å²) in [6.45, 7) is 12.2. The molecule has 1 heterocycles. The van der Waals surface area contributed by atoms with Crippen molar-refractivity contribution in [3.63, 3.8) is 0 Å². The molecule has 1 rings (SSSR count). The van der Waals surface area contributed by atoms with E-state index in [1.165, 1.54) is 0 Å². The second-order valence-electron chi connectivity index (χ2n) is 5.84. The van der Waals surface area contributed by atoms with Gasteiger partial charge in [-0.2, -0.15) is 0 Å². The number of cyclic esters (lactones) is 1. The average molecular weight is 245 g/mol. The van der Waals surface area contributed by atoms with Gasteiger partial charge in [-0.1, -0.05) is 20.8 Å². The zero-order chi connectivity index (χ0) is 12.4. The number of amides is 1. The molecule has 16 heavy (non-hydrogen) atoms. The van der Waals surface area contributed by atoms with Crippen LogP contribution in [0.3, 0.4) is 0 Å². The molecule has 1 fully saturated rings. The third-order valence-corrected chi connectivity index (χ3v) is 7.97. The standard InChI is InChI=1S/C11H23NO3Si/c1-11(2,3)16(4,5)15-8-9-6-7-14-10(13)12-9/h9H,6-8H2,1-5H3,(H,12,13). The van der Waals surface area contributed by atoms with Gasteiger partial charge in [0.1, 0.15) is 0 Å². The molecule has 5 heteroatoms. The van der Waals surface area contributed by atoms with Gasteiger partial charge in [0.25, 0.3) is 0 Å². The van der Waals surface area contributed by atoms with Crippen molar-refractivity contribution >= 4 is 14.4 Å². The Labute approximate surface area is 98.8 Å². The Morgan fingerprint density at radius 2 is 2.12 bits per heavy atom. The fraction of sp³-hybridized carbons (Fsp3) is 0.909. The first-order valence-electron chi connectivity index (χ1n) is 5.79. The molecule has 1 saturated heterocycles. The number of ether oxygens (including phenoxy) is 1. The van der Waals surface area contributed by atoms with Gasteiger partial charge in [-0.15, -0.1) is 0 Å². The maximum atomic E-state index is 11.0. The second kappa shape index (κ2) is 4.75. The van der Waals surface area contributed by atoms with Gasteiger partial charge in [0.05, 0.1) is 19.3 Å². The predicted octanol–water partition coefficient (Wildman–Crippen LogP) is 2.51. The topological polar surface area (TPSA) is 47.6 Å². The highest BCUT2D eigenvalue weighted by atomic mass is 28.4. The van der Waals surface area contributed by atoms with Gasteiger partial charge in [-0.3, -0.25) is 0 Å². The Morgan fingerprint density at radius 1 is 1.50 bits per heavy atom. The Bertz CT molecular complexity index is 260. The maximum absolute atomic E-state index is 11.0. The van der Waals surface area contributed by atoms with Crippen molar-refractivity contribution in [1.29, 1.82) is 0 Å². The molecule has 0 aliphatic carbocycles.